The number of benzene rings is 2. The van der Waals surface area contributed by atoms with Gasteiger partial charge in [0.2, 0.25) is 11.7 Å². The standard InChI is InChI=1S/C18H13F5N2O2/c19-13-11(14(20)16(22)17(23)15(13)21)7-12(26)24-9-3-1-8(2-4-9)18(27)25-10-5-6-10/h1-4,10H,5-7H2,(H,24,26)(H,25,27). The number of anilines is 1. The Kier molecular flexibility index (Phi) is 5.11. The molecular weight excluding hydrogens is 371 g/mol. The molecule has 0 aliphatic heterocycles. The molecule has 142 valence electrons. The fraction of sp³-hybridized carbons (Fsp3) is 0.222. The van der Waals surface area contributed by atoms with Crippen LogP contribution in [0.1, 0.15) is 28.8 Å². The topological polar surface area (TPSA) is 58.2 Å². The van der Waals surface area contributed by atoms with Crippen LogP contribution in [-0.2, 0) is 11.2 Å². The maximum atomic E-state index is 13.6. The highest BCUT2D eigenvalue weighted by Gasteiger charge is 2.27. The average Bonchev–Trinajstić information content (AvgIpc) is 3.46. The summed E-state index contributed by atoms with van der Waals surface area (Å²) in [6, 6.07) is 5.83. The third kappa shape index (κ3) is 4.07. The van der Waals surface area contributed by atoms with E-state index < -0.39 is 47.0 Å². The fourth-order valence-corrected chi connectivity index (χ4v) is 2.37. The molecular formula is C18H13F5N2O2. The number of rotatable bonds is 5. The average molecular weight is 384 g/mol. The van der Waals surface area contributed by atoms with Crippen molar-refractivity contribution in [2.24, 2.45) is 0 Å². The maximum Gasteiger partial charge on any atom is 0.251 e. The molecule has 2 amide bonds. The first kappa shape index (κ1) is 18.8. The summed E-state index contributed by atoms with van der Waals surface area (Å²) in [6.45, 7) is 0. The van der Waals surface area contributed by atoms with Gasteiger partial charge in [-0.1, -0.05) is 0 Å². The Morgan fingerprint density at radius 1 is 0.852 bits per heavy atom. The summed E-state index contributed by atoms with van der Waals surface area (Å²) in [5.74, 6) is -11.8. The minimum Gasteiger partial charge on any atom is -0.349 e. The van der Waals surface area contributed by atoms with Crippen LogP contribution >= 0.6 is 0 Å². The minimum absolute atomic E-state index is 0.179. The van der Waals surface area contributed by atoms with Gasteiger partial charge in [-0.25, -0.2) is 22.0 Å². The first-order valence-electron chi connectivity index (χ1n) is 7.99. The van der Waals surface area contributed by atoms with E-state index in [1.807, 2.05) is 0 Å². The van der Waals surface area contributed by atoms with Crippen LogP contribution in [-0.4, -0.2) is 17.9 Å². The molecule has 1 saturated carbocycles. The lowest BCUT2D eigenvalue weighted by Crippen LogP contribution is -2.25. The van der Waals surface area contributed by atoms with Gasteiger partial charge in [-0.05, 0) is 37.1 Å². The van der Waals surface area contributed by atoms with Crippen LogP contribution in [0, 0.1) is 29.1 Å². The molecule has 9 heteroatoms. The van der Waals surface area contributed by atoms with Crippen molar-refractivity contribution in [1.82, 2.24) is 5.32 Å². The summed E-state index contributed by atoms with van der Waals surface area (Å²) >= 11 is 0. The highest BCUT2D eigenvalue weighted by atomic mass is 19.2. The maximum absolute atomic E-state index is 13.6. The summed E-state index contributed by atoms with van der Waals surface area (Å²) in [4.78, 5) is 23.8. The molecule has 2 N–H and O–H groups in total. The first-order chi connectivity index (χ1) is 12.8. The van der Waals surface area contributed by atoms with Gasteiger partial charge >= 0.3 is 0 Å². The van der Waals surface area contributed by atoms with Crippen LogP contribution in [0.15, 0.2) is 24.3 Å². The highest BCUT2D eigenvalue weighted by molar-refractivity contribution is 5.96. The van der Waals surface area contributed by atoms with Gasteiger partial charge in [0, 0.05) is 22.9 Å². The summed E-state index contributed by atoms with van der Waals surface area (Å²) in [7, 11) is 0. The lowest BCUT2D eigenvalue weighted by Gasteiger charge is -2.09. The van der Waals surface area contributed by atoms with E-state index in [1.54, 1.807) is 0 Å². The Morgan fingerprint density at radius 3 is 1.89 bits per heavy atom. The van der Waals surface area contributed by atoms with Gasteiger partial charge in [-0.2, -0.15) is 0 Å². The predicted molar refractivity (Wildman–Crippen MR) is 85.5 cm³/mol. The zero-order valence-corrected chi connectivity index (χ0v) is 13.7. The highest BCUT2D eigenvalue weighted by Crippen LogP contribution is 2.24. The van der Waals surface area contributed by atoms with Crippen LogP contribution in [0.4, 0.5) is 27.6 Å². The largest absolute Gasteiger partial charge is 0.349 e. The molecule has 4 nitrogen and oxygen atoms in total. The quantitative estimate of drug-likeness (QED) is 0.471. The molecule has 27 heavy (non-hydrogen) atoms. The second-order valence-corrected chi connectivity index (χ2v) is 6.10. The zero-order chi connectivity index (χ0) is 19.7. The van der Waals surface area contributed by atoms with Crippen LogP contribution < -0.4 is 10.6 Å². The summed E-state index contributed by atoms with van der Waals surface area (Å²) in [5, 5.41) is 5.05. The molecule has 1 aliphatic rings. The van der Waals surface area contributed by atoms with E-state index >= 15 is 0 Å². The van der Waals surface area contributed by atoms with Gasteiger partial charge in [0.1, 0.15) is 0 Å². The molecule has 0 atom stereocenters. The smallest absolute Gasteiger partial charge is 0.251 e. The van der Waals surface area contributed by atoms with Gasteiger partial charge < -0.3 is 10.6 Å². The number of hydrogen-bond donors (Lipinski definition) is 2. The second-order valence-electron chi connectivity index (χ2n) is 6.10. The minimum atomic E-state index is -2.28. The predicted octanol–water partition coefficient (Wildman–Crippen LogP) is 3.46. The summed E-state index contributed by atoms with van der Waals surface area (Å²) in [6.07, 6.45) is 0.810. The van der Waals surface area contributed by atoms with Crippen LogP contribution in [0.3, 0.4) is 0 Å². The molecule has 1 aliphatic carbocycles. The van der Waals surface area contributed by atoms with E-state index in [0.29, 0.717) is 5.56 Å². The van der Waals surface area contributed by atoms with E-state index in [9.17, 15) is 31.5 Å². The van der Waals surface area contributed by atoms with Gasteiger partial charge in [0.05, 0.1) is 6.42 Å². The number of nitrogens with one attached hydrogen (secondary N) is 2. The van der Waals surface area contributed by atoms with Crippen molar-refractivity contribution in [1.29, 1.82) is 0 Å². The fourth-order valence-electron chi connectivity index (χ4n) is 2.37. The molecule has 1 fully saturated rings. The number of carbonyl (C=O) groups excluding carboxylic acids is 2. The zero-order valence-electron chi connectivity index (χ0n) is 13.7. The molecule has 0 saturated heterocycles. The van der Waals surface area contributed by atoms with Crippen molar-refractivity contribution >= 4 is 17.5 Å². The molecule has 0 bridgehead atoms. The summed E-state index contributed by atoms with van der Waals surface area (Å²) in [5.41, 5.74) is -0.657. The van der Waals surface area contributed by atoms with Crippen molar-refractivity contribution < 1.29 is 31.5 Å². The van der Waals surface area contributed by atoms with E-state index in [-0.39, 0.29) is 17.6 Å². The van der Waals surface area contributed by atoms with Gasteiger partial charge in [-0.3, -0.25) is 9.59 Å². The van der Waals surface area contributed by atoms with Crippen molar-refractivity contribution in [2.75, 3.05) is 5.32 Å². The molecule has 3 rings (SSSR count). The molecule has 0 radical (unpaired) electrons. The summed E-state index contributed by atoms with van der Waals surface area (Å²) < 4.78 is 66.6. The molecule has 0 aromatic heterocycles. The first-order valence-corrected chi connectivity index (χ1v) is 7.99. The Balaban J connectivity index is 1.68. The number of hydrogen-bond acceptors (Lipinski definition) is 2. The lowest BCUT2D eigenvalue weighted by molar-refractivity contribution is -0.115. The van der Waals surface area contributed by atoms with E-state index in [1.165, 1.54) is 24.3 Å². The van der Waals surface area contributed by atoms with Crippen LogP contribution in [0.2, 0.25) is 0 Å². The van der Waals surface area contributed by atoms with Gasteiger partial charge in [-0.15, -0.1) is 0 Å². The SMILES string of the molecule is O=C(Cc1c(F)c(F)c(F)c(F)c1F)Nc1ccc(C(=O)NC2CC2)cc1. The van der Waals surface area contributed by atoms with E-state index in [2.05, 4.69) is 10.6 Å². The third-order valence-electron chi connectivity index (χ3n) is 3.98. The van der Waals surface area contributed by atoms with Crippen molar-refractivity contribution in [3.8, 4) is 0 Å². The Labute approximate surface area is 150 Å². The second kappa shape index (κ2) is 7.34. The van der Waals surface area contributed by atoms with Crippen molar-refractivity contribution in [3.05, 3.63) is 64.5 Å². The normalized spacial score (nSPS) is 13.4. The van der Waals surface area contributed by atoms with Crippen LogP contribution in [0.5, 0.6) is 0 Å². The number of carbonyl (C=O) groups is 2. The molecule has 0 spiro atoms. The van der Waals surface area contributed by atoms with E-state index in [4.69, 9.17) is 0 Å². The number of amides is 2. The van der Waals surface area contributed by atoms with Crippen LogP contribution in [0.25, 0.3) is 0 Å². The van der Waals surface area contributed by atoms with Gasteiger partial charge in [0.25, 0.3) is 5.91 Å². The van der Waals surface area contributed by atoms with Crippen molar-refractivity contribution in [2.45, 2.75) is 25.3 Å². The molecule has 2 aromatic carbocycles. The third-order valence-corrected chi connectivity index (χ3v) is 3.98. The molecule has 0 heterocycles. The van der Waals surface area contributed by atoms with E-state index in [0.717, 1.165) is 12.8 Å². The Morgan fingerprint density at radius 2 is 1.37 bits per heavy atom. The lowest BCUT2D eigenvalue weighted by atomic mass is 10.1. The Bertz CT molecular complexity index is 882. The Hall–Kier alpha value is -2.97. The number of halogens is 5. The molecule has 2 aromatic rings. The molecule has 0 unspecified atom stereocenters. The van der Waals surface area contributed by atoms with Crippen molar-refractivity contribution in [3.63, 3.8) is 0 Å². The monoisotopic (exact) mass is 384 g/mol. The van der Waals surface area contributed by atoms with Gasteiger partial charge in [0.15, 0.2) is 23.3 Å².